The van der Waals surface area contributed by atoms with Gasteiger partial charge in [0.1, 0.15) is 12.3 Å². The molecule has 3 rings (SSSR count). The monoisotopic (exact) mass is 518 g/mol. The van der Waals surface area contributed by atoms with Crippen molar-refractivity contribution in [3.63, 3.8) is 0 Å². The SMILES string of the molecule is COc1ccc(S(=O)(=O)N(CC(=O)NCCSCc2cccc(Cl)c2)c2ccc(C)cc2)cc1. The van der Waals surface area contributed by atoms with E-state index >= 15 is 0 Å². The van der Waals surface area contributed by atoms with E-state index in [0.29, 0.717) is 28.8 Å². The van der Waals surface area contributed by atoms with Crippen LogP contribution in [0.1, 0.15) is 11.1 Å². The molecule has 0 heterocycles. The molecule has 0 radical (unpaired) electrons. The van der Waals surface area contributed by atoms with Crippen molar-refractivity contribution in [2.45, 2.75) is 17.6 Å². The molecular weight excluding hydrogens is 492 g/mol. The molecule has 0 atom stereocenters. The number of hydrogen-bond acceptors (Lipinski definition) is 5. The van der Waals surface area contributed by atoms with Gasteiger partial charge in [-0.05, 0) is 61.0 Å². The summed E-state index contributed by atoms with van der Waals surface area (Å²) in [6, 6.07) is 20.8. The third kappa shape index (κ3) is 7.16. The largest absolute Gasteiger partial charge is 0.497 e. The summed E-state index contributed by atoms with van der Waals surface area (Å²) in [5.74, 6) is 1.64. The van der Waals surface area contributed by atoms with Crippen LogP contribution in [0.5, 0.6) is 5.75 Å². The van der Waals surface area contributed by atoms with E-state index < -0.39 is 10.0 Å². The molecule has 180 valence electrons. The van der Waals surface area contributed by atoms with Crippen molar-refractivity contribution in [1.82, 2.24) is 5.32 Å². The van der Waals surface area contributed by atoms with Crippen LogP contribution in [0.2, 0.25) is 5.02 Å². The fraction of sp³-hybridized carbons (Fsp3) is 0.240. The minimum Gasteiger partial charge on any atom is -0.497 e. The third-order valence-corrected chi connectivity index (χ3v) is 8.04. The summed E-state index contributed by atoms with van der Waals surface area (Å²) in [6.07, 6.45) is 0. The van der Waals surface area contributed by atoms with E-state index in [2.05, 4.69) is 5.32 Å². The van der Waals surface area contributed by atoms with Crippen LogP contribution in [-0.4, -0.2) is 40.3 Å². The van der Waals surface area contributed by atoms with E-state index in [4.69, 9.17) is 16.3 Å². The molecule has 3 aromatic rings. The first-order valence-electron chi connectivity index (χ1n) is 10.6. The second kappa shape index (κ2) is 12.1. The van der Waals surface area contributed by atoms with Crippen molar-refractivity contribution < 1.29 is 17.9 Å². The molecule has 9 heteroatoms. The van der Waals surface area contributed by atoms with Gasteiger partial charge in [0.15, 0.2) is 0 Å². The lowest BCUT2D eigenvalue weighted by atomic mass is 10.2. The van der Waals surface area contributed by atoms with Crippen LogP contribution in [0.25, 0.3) is 0 Å². The molecule has 0 saturated carbocycles. The summed E-state index contributed by atoms with van der Waals surface area (Å²) in [5, 5.41) is 3.52. The Balaban J connectivity index is 1.65. The second-order valence-electron chi connectivity index (χ2n) is 7.56. The smallest absolute Gasteiger partial charge is 0.264 e. The zero-order valence-electron chi connectivity index (χ0n) is 19.0. The van der Waals surface area contributed by atoms with E-state index in [1.165, 1.54) is 19.2 Å². The Kier molecular flexibility index (Phi) is 9.27. The average Bonchev–Trinajstić information content (AvgIpc) is 2.83. The highest BCUT2D eigenvalue weighted by Gasteiger charge is 2.27. The number of sulfonamides is 1. The fourth-order valence-electron chi connectivity index (χ4n) is 3.17. The number of amides is 1. The molecule has 0 unspecified atom stereocenters. The molecule has 0 aromatic heterocycles. The topological polar surface area (TPSA) is 75.7 Å². The molecule has 0 aliphatic carbocycles. The lowest BCUT2D eigenvalue weighted by molar-refractivity contribution is -0.119. The van der Waals surface area contributed by atoms with Gasteiger partial charge in [-0.1, -0.05) is 41.4 Å². The number of aryl methyl sites for hydroxylation is 1. The maximum atomic E-state index is 13.4. The summed E-state index contributed by atoms with van der Waals surface area (Å²) in [7, 11) is -2.45. The van der Waals surface area contributed by atoms with Crippen LogP contribution in [-0.2, 0) is 20.6 Å². The summed E-state index contributed by atoms with van der Waals surface area (Å²) < 4.78 is 33.1. The van der Waals surface area contributed by atoms with Crippen molar-refractivity contribution in [2.75, 3.05) is 30.3 Å². The molecule has 6 nitrogen and oxygen atoms in total. The van der Waals surface area contributed by atoms with Gasteiger partial charge in [-0.2, -0.15) is 11.8 Å². The Morgan fingerprint density at radius 2 is 1.76 bits per heavy atom. The zero-order chi connectivity index (χ0) is 24.6. The number of anilines is 1. The summed E-state index contributed by atoms with van der Waals surface area (Å²) >= 11 is 7.67. The molecule has 34 heavy (non-hydrogen) atoms. The standard InChI is InChI=1S/C25H27ClN2O4S2/c1-19-6-8-22(9-7-19)28(34(30,31)24-12-10-23(32-2)11-13-24)17-25(29)27-14-15-33-18-20-4-3-5-21(26)16-20/h3-13,16H,14-15,17-18H2,1-2H3,(H,27,29). The molecule has 1 N–H and O–H groups in total. The second-order valence-corrected chi connectivity index (χ2v) is 11.0. The Labute approximate surface area is 210 Å². The Hall–Kier alpha value is -2.68. The molecule has 0 aliphatic rings. The van der Waals surface area contributed by atoms with Gasteiger partial charge in [0.05, 0.1) is 17.7 Å². The number of rotatable bonds is 11. The van der Waals surface area contributed by atoms with Crippen LogP contribution < -0.4 is 14.4 Å². The Bertz CT molecular complexity index is 1200. The van der Waals surface area contributed by atoms with E-state index in [9.17, 15) is 13.2 Å². The molecular formula is C25H27ClN2O4S2. The van der Waals surface area contributed by atoms with Crippen molar-refractivity contribution in [1.29, 1.82) is 0 Å². The number of halogens is 1. The highest BCUT2D eigenvalue weighted by atomic mass is 35.5. The predicted molar refractivity (Wildman–Crippen MR) is 139 cm³/mol. The number of methoxy groups -OCH3 is 1. The van der Waals surface area contributed by atoms with Gasteiger partial charge in [-0.3, -0.25) is 9.10 Å². The number of nitrogens with one attached hydrogen (secondary N) is 1. The van der Waals surface area contributed by atoms with Gasteiger partial charge in [-0.25, -0.2) is 8.42 Å². The molecule has 0 aliphatic heterocycles. The number of hydrogen-bond donors (Lipinski definition) is 1. The molecule has 3 aromatic carbocycles. The Morgan fingerprint density at radius 1 is 1.06 bits per heavy atom. The lowest BCUT2D eigenvalue weighted by Gasteiger charge is -2.24. The minimum absolute atomic E-state index is 0.0822. The molecule has 0 fully saturated rings. The van der Waals surface area contributed by atoms with Gasteiger partial charge < -0.3 is 10.1 Å². The van der Waals surface area contributed by atoms with Gasteiger partial charge >= 0.3 is 0 Å². The van der Waals surface area contributed by atoms with Gasteiger partial charge in [0.25, 0.3) is 10.0 Å². The van der Waals surface area contributed by atoms with Crippen LogP contribution in [0.3, 0.4) is 0 Å². The summed E-state index contributed by atoms with van der Waals surface area (Å²) in [4.78, 5) is 12.8. The van der Waals surface area contributed by atoms with Crippen LogP contribution in [0.4, 0.5) is 5.69 Å². The van der Waals surface area contributed by atoms with E-state index in [-0.39, 0.29) is 17.3 Å². The maximum absolute atomic E-state index is 13.4. The van der Waals surface area contributed by atoms with E-state index in [1.54, 1.807) is 36.0 Å². The zero-order valence-corrected chi connectivity index (χ0v) is 21.4. The number of nitrogens with zero attached hydrogens (tertiary/aromatic N) is 1. The normalized spacial score (nSPS) is 11.1. The van der Waals surface area contributed by atoms with Gasteiger partial charge in [0.2, 0.25) is 5.91 Å². The number of carbonyl (C=O) groups excluding carboxylic acids is 1. The number of benzene rings is 3. The lowest BCUT2D eigenvalue weighted by Crippen LogP contribution is -2.41. The highest BCUT2D eigenvalue weighted by Crippen LogP contribution is 2.25. The summed E-state index contributed by atoms with van der Waals surface area (Å²) in [5.41, 5.74) is 2.53. The fourth-order valence-corrected chi connectivity index (χ4v) is 5.61. The van der Waals surface area contributed by atoms with Gasteiger partial charge in [-0.15, -0.1) is 0 Å². The number of ether oxygens (including phenoxy) is 1. The number of carbonyl (C=O) groups is 1. The molecule has 0 saturated heterocycles. The first kappa shape index (κ1) is 25.9. The van der Waals surface area contributed by atoms with Crippen molar-refractivity contribution in [2.24, 2.45) is 0 Å². The molecule has 0 spiro atoms. The quantitative estimate of drug-likeness (QED) is 0.365. The Morgan fingerprint density at radius 3 is 2.41 bits per heavy atom. The van der Waals surface area contributed by atoms with Gasteiger partial charge in [0, 0.05) is 23.1 Å². The van der Waals surface area contributed by atoms with Crippen LogP contribution in [0, 0.1) is 6.92 Å². The average molecular weight is 519 g/mol. The van der Waals surface area contributed by atoms with Crippen molar-refractivity contribution >= 4 is 45.0 Å². The van der Waals surface area contributed by atoms with Crippen LogP contribution >= 0.6 is 23.4 Å². The molecule has 1 amide bonds. The van der Waals surface area contributed by atoms with E-state index in [0.717, 1.165) is 21.2 Å². The summed E-state index contributed by atoms with van der Waals surface area (Å²) in [6.45, 7) is 2.02. The minimum atomic E-state index is -3.96. The van der Waals surface area contributed by atoms with E-state index in [1.807, 2.05) is 43.3 Å². The molecule has 0 bridgehead atoms. The first-order valence-corrected chi connectivity index (χ1v) is 13.6. The van der Waals surface area contributed by atoms with Crippen molar-refractivity contribution in [3.05, 3.63) is 88.9 Å². The third-order valence-electron chi connectivity index (χ3n) is 4.98. The van der Waals surface area contributed by atoms with Crippen molar-refractivity contribution in [3.8, 4) is 5.75 Å². The maximum Gasteiger partial charge on any atom is 0.264 e. The first-order chi connectivity index (χ1) is 16.3. The predicted octanol–water partition coefficient (Wildman–Crippen LogP) is 4.90. The van der Waals surface area contributed by atoms with Crippen LogP contribution in [0.15, 0.2) is 77.7 Å². The highest BCUT2D eigenvalue weighted by molar-refractivity contribution is 7.98. The number of thioether (sulfide) groups is 1.